The van der Waals surface area contributed by atoms with Crippen molar-refractivity contribution >= 4 is 28.8 Å². The molecule has 0 bridgehead atoms. The number of allylic oxidation sites excluding steroid dienone is 5. The number of carbonyl (C=O) groups is 1. The summed E-state index contributed by atoms with van der Waals surface area (Å²) in [6.45, 7) is 9.66. The van der Waals surface area contributed by atoms with Crippen molar-refractivity contribution in [2.75, 3.05) is 31.1 Å². The van der Waals surface area contributed by atoms with Gasteiger partial charge in [0.15, 0.2) is 6.29 Å². The van der Waals surface area contributed by atoms with Crippen LogP contribution in [-0.2, 0) is 0 Å². The first kappa shape index (κ1) is 18.7. The van der Waals surface area contributed by atoms with E-state index in [4.69, 9.17) is 0 Å². The maximum Gasteiger partial charge on any atom is 0.154 e. The Morgan fingerprint density at radius 3 is 2.76 bits per heavy atom. The summed E-state index contributed by atoms with van der Waals surface area (Å²) in [5.74, 6) is 0.885. The van der Waals surface area contributed by atoms with Gasteiger partial charge in [-0.15, -0.1) is 0 Å². The van der Waals surface area contributed by atoms with Gasteiger partial charge >= 0.3 is 0 Å². The topological polar surface area (TPSA) is 50.2 Å². The van der Waals surface area contributed by atoms with Gasteiger partial charge in [0.2, 0.25) is 0 Å². The minimum atomic E-state index is 0. The number of aromatic nitrogens is 2. The van der Waals surface area contributed by atoms with Crippen molar-refractivity contribution in [2.24, 2.45) is 0 Å². The van der Waals surface area contributed by atoms with Gasteiger partial charge in [0.25, 0.3) is 0 Å². The highest BCUT2D eigenvalue weighted by Crippen LogP contribution is 2.33. The Balaban J connectivity index is 0.00000225. The summed E-state index contributed by atoms with van der Waals surface area (Å²) < 4.78 is 1.99. The van der Waals surface area contributed by atoms with Gasteiger partial charge in [-0.25, -0.2) is 4.98 Å². The van der Waals surface area contributed by atoms with E-state index >= 15 is 0 Å². The second-order valence-electron chi connectivity index (χ2n) is 5.68. The lowest BCUT2D eigenvalue weighted by Gasteiger charge is -2.30. The van der Waals surface area contributed by atoms with E-state index in [1.807, 2.05) is 47.9 Å². The van der Waals surface area contributed by atoms with Crippen molar-refractivity contribution in [1.82, 2.24) is 14.9 Å². The fourth-order valence-corrected chi connectivity index (χ4v) is 3.06. The van der Waals surface area contributed by atoms with Crippen LogP contribution in [0.1, 0.15) is 24.7 Å². The van der Waals surface area contributed by atoms with Gasteiger partial charge in [0.05, 0.1) is 5.56 Å². The molecule has 0 aromatic carbocycles. The number of pyridine rings is 1. The molecule has 5 heteroatoms. The first-order valence-corrected chi connectivity index (χ1v) is 8.17. The van der Waals surface area contributed by atoms with Crippen LogP contribution in [-0.4, -0.2) is 42.0 Å². The number of piperazine rings is 1. The molecule has 2 aromatic rings. The lowest BCUT2D eigenvalue weighted by molar-refractivity contribution is 0.112. The molecule has 1 N–H and O–H groups in total. The molecule has 1 fully saturated rings. The predicted molar refractivity (Wildman–Crippen MR) is 106 cm³/mol. The van der Waals surface area contributed by atoms with Crippen molar-refractivity contribution in [3.63, 3.8) is 0 Å². The smallest absolute Gasteiger partial charge is 0.154 e. The van der Waals surface area contributed by atoms with Gasteiger partial charge in [0, 0.05) is 43.5 Å². The number of nitrogens with one attached hydrogen (secondary N) is 1. The van der Waals surface area contributed by atoms with Crippen molar-refractivity contribution < 1.29 is 4.79 Å². The first-order chi connectivity index (χ1) is 11.8. The zero-order valence-corrected chi connectivity index (χ0v) is 13.9. The number of aldehydes is 1. The molecule has 25 heavy (non-hydrogen) atoms. The average Bonchev–Trinajstić information content (AvgIpc) is 2.97. The van der Waals surface area contributed by atoms with Crippen LogP contribution in [0.3, 0.4) is 0 Å². The summed E-state index contributed by atoms with van der Waals surface area (Å²) in [6, 6.07) is 3.80. The Morgan fingerprint density at radius 1 is 1.32 bits per heavy atom. The van der Waals surface area contributed by atoms with Gasteiger partial charge in [0.1, 0.15) is 11.5 Å². The van der Waals surface area contributed by atoms with Crippen LogP contribution in [0.2, 0.25) is 0 Å². The molecular weight excluding hydrogens is 312 g/mol. The normalized spacial score (nSPS) is 15.0. The molecule has 1 saturated heterocycles. The molecule has 0 amide bonds. The Kier molecular flexibility index (Phi) is 6.31. The third kappa shape index (κ3) is 3.56. The number of rotatable bonds is 5. The van der Waals surface area contributed by atoms with Gasteiger partial charge in [-0.05, 0) is 25.1 Å². The van der Waals surface area contributed by atoms with Crippen molar-refractivity contribution in [3.05, 3.63) is 54.8 Å². The lowest BCUT2D eigenvalue weighted by atomic mass is 10.2. The molecule has 0 atom stereocenters. The highest BCUT2D eigenvalue weighted by molar-refractivity contribution is 6.04. The molecular formula is C20H26N4O. The van der Waals surface area contributed by atoms with Gasteiger partial charge in [-0.3, -0.25) is 9.36 Å². The van der Waals surface area contributed by atoms with Crippen LogP contribution < -0.4 is 10.2 Å². The number of fused-ring (bicyclic) bond motifs is 1. The van der Waals surface area contributed by atoms with Crippen LogP contribution in [0.25, 0.3) is 16.7 Å². The van der Waals surface area contributed by atoms with Gasteiger partial charge < -0.3 is 10.2 Å². The summed E-state index contributed by atoms with van der Waals surface area (Å²) >= 11 is 0. The maximum atomic E-state index is 11.8. The highest BCUT2D eigenvalue weighted by Gasteiger charge is 2.24. The number of anilines is 1. The van der Waals surface area contributed by atoms with Crippen molar-refractivity contribution in [1.29, 1.82) is 0 Å². The lowest BCUT2D eigenvalue weighted by Crippen LogP contribution is -2.44. The molecule has 2 aromatic heterocycles. The molecule has 0 saturated carbocycles. The number of carbonyl (C=O) groups excluding carboxylic acids is 1. The molecule has 1 aliphatic heterocycles. The van der Waals surface area contributed by atoms with Gasteiger partial charge in [-0.2, -0.15) is 0 Å². The molecule has 0 radical (unpaired) electrons. The van der Waals surface area contributed by atoms with Crippen LogP contribution in [0.4, 0.5) is 5.82 Å². The van der Waals surface area contributed by atoms with E-state index in [9.17, 15) is 4.79 Å². The fraction of sp³-hybridized carbons (Fsp3) is 0.300. The largest absolute Gasteiger partial charge is 0.355 e. The standard InChI is InChI=1S/C19H22N4O.CH4/c1-3-4-5-7-15(2)23-18-16(8-6-9-21-18)17(14-24)19(23)22-12-10-20-11-13-22;/h3-9,14,20H,2,10-13H2,1H3;1H4/b4-3-,7-5-;. The van der Waals surface area contributed by atoms with E-state index in [2.05, 4.69) is 21.8 Å². The van der Waals surface area contributed by atoms with Gasteiger partial charge in [-0.1, -0.05) is 32.2 Å². The highest BCUT2D eigenvalue weighted by atomic mass is 16.1. The average molecular weight is 338 g/mol. The summed E-state index contributed by atoms with van der Waals surface area (Å²) in [5, 5.41) is 4.21. The molecule has 132 valence electrons. The second-order valence-corrected chi connectivity index (χ2v) is 5.68. The molecule has 1 aliphatic rings. The van der Waals surface area contributed by atoms with E-state index in [0.29, 0.717) is 5.56 Å². The zero-order chi connectivity index (χ0) is 16.9. The molecule has 0 unspecified atom stereocenters. The zero-order valence-electron chi connectivity index (χ0n) is 13.9. The Morgan fingerprint density at radius 2 is 2.08 bits per heavy atom. The van der Waals surface area contributed by atoms with Crippen LogP contribution in [0.5, 0.6) is 0 Å². The third-order valence-electron chi connectivity index (χ3n) is 4.16. The van der Waals surface area contributed by atoms with Crippen LogP contribution in [0.15, 0.2) is 49.2 Å². The SMILES string of the molecule is C.C=C(/C=C\C=C/C)n1c(N2CCNCC2)c(C=O)c2cccnc21. The summed E-state index contributed by atoms with van der Waals surface area (Å²) in [4.78, 5) is 18.6. The molecule has 0 aliphatic carbocycles. The van der Waals surface area contributed by atoms with E-state index in [-0.39, 0.29) is 7.43 Å². The minimum Gasteiger partial charge on any atom is -0.355 e. The summed E-state index contributed by atoms with van der Waals surface area (Å²) in [5.41, 5.74) is 2.24. The monoisotopic (exact) mass is 338 g/mol. The van der Waals surface area contributed by atoms with E-state index in [0.717, 1.165) is 55.0 Å². The van der Waals surface area contributed by atoms with E-state index in [1.54, 1.807) is 6.20 Å². The van der Waals surface area contributed by atoms with Crippen LogP contribution in [0, 0.1) is 0 Å². The fourth-order valence-electron chi connectivity index (χ4n) is 3.06. The molecule has 0 spiro atoms. The third-order valence-corrected chi connectivity index (χ3v) is 4.16. The van der Waals surface area contributed by atoms with E-state index < -0.39 is 0 Å². The van der Waals surface area contributed by atoms with Crippen molar-refractivity contribution in [3.8, 4) is 0 Å². The van der Waals surface area contributed by atoms with E-state index in [1.165, 1.54) is 0 Å². The summed E-state index contributed by atoms with van der Waals surface area (Å²) in [7, 11) is 0. The van der Waals surface area contributed by atoms with Crippen molar-refractivity contribution in [2.45, 2.75) is 14.4 Å². The summed E-state index contributed by atoms with van der Waals surface area (Å²) in [6.07, 6.45) is 10.5. The molecule has 3 rings (SSSR count). The second kappa shape index (κ2) is 8.44. The quantitative estimate of drug-likeness (QED) is 0.670. The Labute approximate surface area is 149 Å². The minimum absolute atomic E-state index is 0. The maximum absolute atomic E-state index is 11.8. The molecule has 3 heterocycles. The predicted octanol–water partition coefficient (Wildman–Crippen LogP) is 3.50. The van der Waals surface area contributed by atoms with Crippen LogP contribution >= 0.6 is 0 Å². The Bertz CT molecular complexity index is 810. The first-order valence-electron chi connectivity index (χ1n) is 8.17. The number of hydrogen-bond acceptors (Lipinski definition) is 4. The number of nitrogens with zero attached hydrogens (tertiary/aromatic N) is 3. The number of hydrogen-bond donors (Lipinski definition) is 1. The molecule has 5 nitrogen and oxygen atoms in total. The Hall–Kier alpha value is -2.66.